The molecule has 0 aliphatic carbocycles. The third-order valence-electron chi connectivity index (χ3n) is 4.50. The first-order valence-corrected chi connectivity index (χ1v) is 8.51. The molecule has 2 aromatic rings. The van der Waals surface area contributed by atoms with E-state index in [0.29, 0.717) is 5.56 Å². The summed E-state index contributed by atoms with van der Waals surface area (Å²) < 4.78 is 0. The summed E-state index contributed by atoms with van der Waals surface area (Å²) in [5.41, 5.74) is 2.70. The minimum absolute atomic E-state index is 0.197. The molecular formula is C19H22N4O3. The lowest BCUT2D eigenvalue weighted by atomic mass is 10.0. The summed E-state index contributed by atoms with van der Waals surface area (Å²) >= 11 is 0. The Hall–Kier alpha value is -2.93. The second-order valence-corrected chi connectivity index (χ2v) is 6.30. The monoisotopic (exact) mass is 354 g/mol. The maximum absolute atomic E-state index is 12.3. The molecule has 26 heavy (non-hydrogen) atoms. The molecule has 0 spiro atoms. The number of benzene rings is 1. The number of nitrogens with one attached hydrogen (secondary N) is 1. The first-order chi connectivity index (χ1) is 12.6. The number of pyridine rings is 1. The van der Waals surface area contributed by atoms with Crippen LogP contribution < -0.4 is 10.2 Å². The fraction of sp³-hybridized carbons (Fsp3) is 0.316. The lowest BCUT2D eigenvalue weighted by Crippen LogP contribution is -2.46. The van der Waals surface area contributed by atoms with Crippen LogP contribution in [0.2, 0.25) is 0 Å². The van der Waals surface area contributed by atoms with Gasteiger partial charge in [0.15, 0.2) is 0 Å². The van der Waals surface area contributed by atoms with Gasteiger partial charge in [0, 0.05) is 50.3 Å². The molecule has 3 rings (SSSR count). The Kier molecular flexibility index (Phi) is 5.48. The van der Waals surface area contributed by atoms with Gasteiger partial charge in [-0.15, -0.1) is 0 Å². The van der Waals surface area contributed by atoms with E-state index in [1.807, 2.05) is 24.3 Å². The molecule has 1 aromatic carbocycles. The summed E-state index contributed by atoms with van der Waals surface area (Å²) in [4.78, 5) is 30.6. The number of hydrogen-bond acceptors (Lipinski definition) is 5. The Morgan fingerprint density at radius 2 is 1.92 bits per heavy atom. The standard InChI is InChI=1S/C19H22N4O3/c1-22(13-18(24)25)19(26)15-2-4-16(5-3-15)23-11-10-21-12-17(23)14-6-8-20-9-7-14/h2-9,17,21H,10-13H2,1H3,(H,24,25). The minimum Gasteiger partial charge on any atom is -0.480 e. The normalized spacial score (nSPS) is 17.0. The molecule has 2 heterocycles. The second kappa shape index (κ2) is 7.97. The zero-order chi connectivity index (χ0) is 18.5. The van der Waals surface area contributed by atoms with E-state index in [4.69, 9.17) is 5.11 Å². The molecule has 1 atom stereocenters. The predicted molar refractivity (Wildman–Crippen MR) is 98.2 cm³/mol. The van der Waals surface area contributed by atoms with Gasteiger partial charge in [0.2, 0.25) is 0 Å². The Bertz CT molecular complexity index is 764. The highest BCUT2D eigenvalue weighted by Crippen LogP contribution is 2.28. The zero-order valence-corrected chi connectivity index (χ0v) is 14.6. The highest BCUT2D eigenvalue weighted by Gasteiger charge is 2.24. The summed E-state index contributed by atoms with van der Waals surface area (Å²) in [6, 6.07) is 11.6. The molecular weight excluding hydrogens is 332 g/mol. The number of anilines is 1. The SMILES string of the molecule is CN(CC(=O)O)C(=O)c1ccc(N2CCNCC2c2ccncc2)cc1. The number of nitrogens with zero attached hydrogens (tertiary/aromatic N) is 3. The van der Waals surface area contributed by atoms with E-state index in [1.165, 1.54) is 17.5 Å². The van der Waals surface area contributed by atoms with Gasteiger partial charge in [-0.25, -0.2) is 0 Å². The molecule has 0 saturated carbocycles. The van der Waals surface area contributed by atoms with Gasteiger partial charge in [-0.05, 0) is 42.0 Å². The van der Waals surface area contributed by atoms with Gasteiger partial charge in [0.05, 0.1) is 6.04 Å². The van der Waals surface area contributed by atoms with Gasteiger partial charge in [0.1, 0.15) is 6.54 Å². The van der Waals surface area contributed by atoms with Crippen molar-refractivity contribution in [2.75, 3.05) is 38.1 Å². The van der Waals surface area contributed by atoms with Crippen LogP contribution in [0.4, 0.5) is 5.69 Å². The van der Waals surface area contributed by atoms with Crippen LogP contribution in [0.3, 0.4) is 0 Å². The van der Waals surface area contributed by atoms with E-state index in [2.05, 4.69) is 15.2 Å². The Balaban J connectivity index is 1.78. The van der Waals surface area contributed by atoms with Crippen molar-refractivity contribution in [3.63, 3.8) is 0 Å². The summed E-state index contributed by atoms with van der Waals surface area (Å²) in [7, 11) is 1.49. The smallest absolute Gasteiger partial charge is 0.323 e. The third-order valence-corrected chi connectivity index (χ3v) is 4.50. The molecule has 136 valence electrons. The van der Waals surface area contributed by atoms with Crippen molar-refractivity contribution >= 4 is 17.6 Å². The van der Waals surface area contributed by atoms with Crippen molar-refractivity contribution in [1.29, 1.82) is 0 Å². The third kappa shape index (κ3) is 4.00. The number of carbonyl (C=O) groups is 2. The molecule has 1 amide bonds. The quantitative estimate of drug-likeness (QED) is 0.844. The largest absolute Gasteiger partial charge is 0.480 e. The Morgan fingerprint density at radius 3 is 2.58 bits per heavy atom. The van der Waals surface area contributed by atoms with E-state index < -0.39 is 5.97 Å². The summed E-state index contributed by atoms with van der Waals surface area (Å²) in [5, 5.41) is 12.2. The molecule has 1 unspecified atom stereocenters. The van der Waals surface area contributed by atoms with Crippen molar-refractivity contribution in [1.82, 2.24) is 15.2 Å². The van der Waals surface area contributed by atoms with Crippen LogP contribution in [-0.2, 0) is 4.79 Å². The van der Waals surface area contributed by atoms with Crippen LogP contribution >= 0.6 is 0 Å². The fourth-order valence-corrected chi connectivity index (χ4v) is 3.19. The number of rotatable bonds is 5. The van der Waals surface area contributed by atoms with Crippen LogP contribution in [0.25, 0.3) is 0 Å². The molecule has 0 radical (unpaired) electrons. The van der Waals surface area contributed by atoms with Crippen LogP contribution in [0.5, 0.6) is 0 Å². The van der Waals surface area contributed by atoms with Crippen molar-refractivity contribution in [2.24, 2.45) is 0 Å². The number of hydrogen-bond donors (Lipinski definition) is 2. The minimum atomic E-state index is -1.03. The summed E-state index contributed by atoms with van der Waals surface area (Å²) in [5.74, 6) is -1.33. The van der Waals surface area contributed by atoms with Gasteiger partial charge in [0.25, 0.3) is 5.91 Å². The van der Waals surface area contributed by atoms with E-state index in [-0.39, 0.29) is 18.5 Å². The molecule has 7 heteroatoms. The van der Waals surface area contributed by atoms with Gasteiger partial charge in [-0.1, -0.05) is 0 Å². The number of amides is 1. The molecule has 2 N–H and O–H groups in total. The van der Waals surface area contributed by atoms with E-state index in [9.17, 15) is 9.59 Å². The van der Waals surface area contributed by atoms with Crippen molar-refractivity contribution in [3.05, 3.63) is 59.9 Å². The lowest BCUT2D eigenvalue weighted by molar-refractivity contribution is -0.137. The van der Waals surface area contributed by atoms with Gasteiger partial charge < -0.3 is 20.2 Å². The second-order valence-electron chi connectivity index (χ2n) is 6.30. The Morgan fingerprint density at radius 1 is 1.23 bits per heavy atom. The molecule has 0 bridgehead atoms. The van der Waals surface area contributed by atoms with Crippen LogP contribution in [0.15, 0.2) is 48.8 Å². The van der Waals surface area contributed by atoms with E-state index >= 15 is 0 Å². The molecule has 1 fully saturated rings. The molecule has 1 saturated heterocycles. The Labute approximate surface area is 152 Å². The summed E-state index contributed by atoms with van der Waals surface area (Å²) in [6.07, 6.45) is 3.59. The highest BCUT2D eigenvalue weighted by atomic mass is 16.4. The molecule has 1 aliphatic heterocycles. The highest BCUT2D eigenvalue weighted by molar-refractivity contribution is 5.96. The van der Waals surface area contributed by atoms with Crippen LogP contribution in [-0.4, -0.2) is 60.1 Å². The van der Waals surface area contributed by atoms with Crippen molar-refractivity contribution < 1.29 is 14.7 Å². The number of aromatic nitrogens is 1. The maximum atomic E-state index is 12.3. The number of carbonyl (C=O) groups excluding carboxylic acids is 1. The average Bonchev–Trinajstić information content (AvgIpc) is 2.68. The number of aliphatic carboxylic acids is 1. The number of likely N-dealkylation sites (N-methyl/N-ethyl adjacent to an activating group) is 1. The molecule has 1 aliphatic rings. The van der Waals surface area contributed by atoms with Gasteiger partial charge >= 0.3 is 5.97 Å². The zero-order valence-electron chi connectivity index (χ0n) is 14.6. The first-order valence-electron chi connectivity index (χ1n) is 8.51. The number of piperazine rings is 1. The van der Waals surface area contributed by atoms with E-state index in [0.717, 1.165) is 25.3 Å². The lowest BCUT2D eigenvalue weighted by Gasteiger charge is -2.38. The number of carboxylic acids is 1. The number of carboxylic acid groups (broad SMARTS) is 1. The van der Waals surface area contributed by atoms with Gasteiger partial charge in [-0.2, -0.15) is 0 Å². The van der Waals surface area contributed by atoms with Crippen molar-refractivity contribution in [3.8, 4) is 0 Å². The molecule has 7 nitrogen and oxygen atoms in total. The fourth-order valence-electron chi connectivity index (χ4n) is 3.19. The summed E-state index contributed by atoms with van der Waals surface area (Å²) in [6.45, 7) is 2.28. The van der Waals surface area contributed by atoms with Gasteiger partial charge in [-0.3, -0.25) is 14.6 Å². The average molecular weight is 354 g/mol. The molecule has 1 aromatic heterocycles. The van der Waals surface area contributed by atoms with Crippen LogP contribution in [0.1, 0.15) is 22.0 Å². The van der Waals surface area contributed by atoms with Crippen molar-refractivity contribution in [2.45, 2.75) is 6.04 Å². The first kappa shape index (κ1) is 17.9. The topological polar surface area (TPSA) is 85.8 Å². The maximum Gasteiger partial charge on any atom is 0.323 e. The van der Waals surface area contributed by atoms with Crippen LogP contribution in [0, 0.1) is 0 Å². The predicted octanol–water partition coefficient (Wildman–Crippen LogP) is 1.39. The van der Waals surface area contributed by atoms with E-state index in [1.54, 1.807) is 24.5 Å².